The van der Waals surface area contributed by atoms with Crippen molar-refractivity contribution < 1.29 is 0 Å². The molecular weight excluding hydrogens is 212 g/mol. The van der Waals surface area contributed by atoms with Crippen LogP contribution in [-0.2, 0) is 6.54 Å². The molecular formula is C13H16N4. The van der Waals surface area contributed by atoms with Crippen LogP contribution in [0.5, 0.6) is 0 Å². The van der Waals surface area contributed by atoms with Crippen LogP contribution < -0.4 is 5.32 Å². The number of anilines is 1. The van der Waals surface area contributed by atoms with E-state index in [0.29, 0.717) is 6.04 Å². The molecule has 0 spiro atoms. The van der Waals surface area contributed by atoms with Gasteiger partial charge in [0, 0.05) is 18.2 Å². The molecule has 4 nitrogen and oxygen atoms in total. The van der Waals surface area contributed by atoms with E-state index in [1.807, 2.05) is 4.68 Å². The molecule has 0 fully saturated rings. The van der Waals surface area contributed by atoms with Crippen LogP contribution in [0.3, 0.4) is 0 Å². The van der Waals surface area contributed by atoms with Gasteiger partial charge < -0.3 is 5.32 Å². The highest BCUT2D eigenvalue weighted by molar-refractivity contribution is 5.57. The SMILES string of the molecule is Cc1ccc(-c2nc3n(n2)CCC(C)N3)cc1. The highest BCUT2D eigenvalue weighted by Crippen LogP contribution is 2.21. The van der Waals surface area contributed by atoms with Crippen molar-refractivity contribution >= 4 is 5.95 Å². The predicted octanol–water partition coefficient (Wildman–Crippen LogP) is 2.46. The third-order valence-electron chi connectivity index (χ3n) is 3.13. The molecule has 0 radical (unpaired) electrons. The molecule has 0 saturated heterocycles. The average Bonchev–Trinajstić information content (AvgIpc) is 2.72. The maximum atomic E-state index is 4.54. The van der Waals surface area contributed by atoms with E-state index in [1.165, 1.54) is 5.56 Å². The zero-order valence-corrected chi connectivity index (χ0v) is 10.1. The van der Waals surface area contributed by atoms with Gasteiger partial charge in [-0.1, -0.05) is 29.8 Å². The molecule has 0 amide bonds. The van der Waals surface area contributed by atoms with Crippen LogP contribution in [0, 0.1) is 6.92 Å². The highest BCUT2D eigenvalue weighted by Gasteiger charge is 2.18. The number of hydrogen-bond acceptors (Lipinski definition) is 3. The third kappa shape index (κ3) is 1.90. The zero-order valence-electron chi connectivity index (χ0n) is 10.1. The third-order valence-corrected chi connectivity index (χ3v) is 3.13. The van der Waals surface area contributed by atoms with Gasteiger partial charge in [0.25, 0.3) is 0 Å². The Morgan fingerprint density at radius 3 is 2.82 bits per heavy atom. The molecule has 2 heterocycles. The van der Waals surface area contributed by atoms with Gasteiger partial charge in [0.2, 0.25) is 5.95 Å². The molecule has 0 aliphatic carbocycles. The molecule has 1 N–H and O–H groups in total. The number of aryl methyl sites for hydroxylation is 2. The second-order valence-electron chi connectivity index (χ2n) is 4.68. The van der Waals surface area contributed by atoms with E-state index in [-0.39, 0.29) is 0 Å². The molecule has 17 heavy (non-hydrogen) atoms. The summed E-state index contributed by atoms with van der Waals surface area (Å²) in [6.07, 6.45) is 1.10. The van der Waals surface area contributed by atoms with Crippen LogP contribution >= 0.6 is 0 Å². The lowest BCUT2D eigenvalue weighted by Gasteiger charge is -2.20. The van der Waals surface area contributed by atoms with E-state index in [9.17, 15) is 0 Å². The summed E-state index contributed by atoms with van der Waals surface area (Å²) in [4.78, 5) is 4.54. The van der Waals surface area contributed by atoms with Gasteiger partial charge in [-0.05, 0) is 20.3 Å². The Hall–Kier alpha value is -1.84. The van der Waals surface area contributed by atoms with Crippen LogP contribution in [0.4, 0.5) is 5.95 Å². The first-order valence-electron chi connectivity index (χ1n) is 6.01. The second kappa shape index (κ2) is 3.87. The topological polar surface area (TPSA) is 42.7 Å². The Labute approximate surface area is 101 Å². The Balaban J connectivity index is 1.97. The first kappa shape index (κ1) is 10.3. The summed E-state index contributed by atoms with van der Waals surface area (Å²) in [5.74, 6) is 1.70. The van der Waals surface area contributed by atoms with Gasteiger partial charge in [0.15, 0.2) is 5.82 Å². The normalized spacial score (nSPS) is 18.6. The Bertz CT molecular complexity index is 527. The van der Waals surface area contributed by atoms with Crippen molar-refractivity contribution in [3.05, 3.63) is 29.8 Å². The molecule has 1 unspecified atom stereocenters. The average molecular weight is 228 g/mol. The van der Waals surface area contributed by atoms with Crippen molar-refractivity contribution in [2.45, 2.75) is 32.9 Å². The van der Waals surface area contributed by atoms with E-state index < -0.39 is 0 Å². The first-order chi connectivity index (χ1) is 8.22. The molecule has 1 aliphatic heterocycles. The van der Waals surface area contributed by atoms with Crippen molar-refractivity contribution in [3.8, 4) is 11.4 Å². The molecule has 3 rings (SSSR count). The van der Waals surface area contributed by atoms with Crippen molar-refractivity contribution in [1.82, 2.24) is 14.8 Å². The van der Waals surface area contributed by atoms with E-state index in [4.69, 9.17) is 0 Å². The molecule has 0 saturated carbocycles. The summed E-state index contributed by atoms with van der Waals surface area (Å²) in [6.45, 7) is 5.20. The van der Waals surface area contributed by atoms with Gasteiger partial charge in [-0.3, -0.25) is 0 Å². The minimum Gasteiger partial charge on any atom is -0.352 e. The van der Waals surface area contributed by atoms with Crippen molar-refractivity contribution in [2.24, 2.45) is 0 Å². The summed E-state index contributed by atoms with van der Waals surface area (Å²) in [5, 5.41) is 7.88. The van der Waals surface area contributed by atoms with Gasteiger partial charge in [-0.2, -0.15) is 4.98 Å². The standard InChI is InChI=1S/C13H16N4/c1-9-3-5-11(6-4-9)12-15-13-14-10(2)7-8-17(13)16-12/h3-6,10H,7-8H2,1-2H3,(H,14,15,16). The Morgan fingerprint density at radius 2 is 2.06 bits per heavy atom. The summed E-state index contributed by atoms with van der Waals surface area (Å²) in [5.41, 5.74) is 2.33. The number of rotatable bonds is 1. The summed E-state index contributed by atoms with van der Waals surface area (Å²) < 4.78 is 1.95. The maximum Gasteiger partial charge on any atom is 0.221 e. The van der Waals surface area contributed by atoms with Gasteiger partial charge in [0.05, 0.1) is 0 Å². The number of nitrogens with one attached hydrogen (secondary N) is 1. The van der Waals surface area contributed by atoms with E-state index in [2.05, 4.69) is 53.5 Å². The lowest BCUT2D eigenvalue weighted by atomic mass is 10.1. The molecule has 1 aromatic heterocycles. The fourth-order valence-corrected chi connectivity index (χ4v) is 2.04. The molecule has 1 aliphatic rings. The van der Waals surface area contributed by atoms with E-state index in [1.54, 1.807) is 0 Å². The zero-order chi connectivity index (χ0) is 11.8. The minimum absolute atomic E-state index is 0.484. The second-order valence-corrected chi connectivity index (χ2v) is 4.68. The van der Waals surface area contributed by atoms with E-state index in [0.717, 1.165) is 30.3 Å². The number of aromatic nitrogens is 3. The van der Waals surface area contributed by atoms with Crippen LogP contribution in [0.2, 0.25) is 0 Å². The molecule has 1 aromatic carbocycles. The number of benzene rings is 1. The fourth-order valence-electron chi connectivity index (χ4n) is 2.04. The highest BCUT2D eigenvalue weighted by atomic mass is 15.4. The maximum absolute atomic E-state index is 4.54. The van der Waals surface area contributed by atoms with Gasteiger partial charge in [0.1, 0.15) is 0 Å². The largest absolute Gasteiger partial charge is 0.352 e. The first-order valence-corrected chi connectivity index (χ1v) is 6.01. The van der Waals surface area contributed by atoms with Crippen molar-refractivity contribution in [2.75, 3.05) is 5.32 Å². The summed E-state index contributed by atoms with van der Waals surface area (Å²) in [7, 11) is 0. The van der Waals surface area contributed by atoms with E-state index >= 15 is 0 Å². The number of fused-ring (bicyclic) bond motifs is 1. The van der Waals surface area contributed by atoms with Crippen LogP contribution in [0.1, 0.15) is 18.9 Å². The quantitative estimate of drug-likeness (QED) is 0.815. The van der Waals surface area contributed by atoms with Gasteiger partial charge in [-0.15, -0.1) is 5.10 Å². The summed E-state index contributed by atoms with van der Waals surface area (Å²) in [6, 6.07) is 8.80. The Morgan fingerprint density at radius 1 is 1.29 bits per heavy atom. The molecule has 88 valence electrons. The van der Waals surface area contributed by atoms with Crippen LogP contribution in [0.15, 0.2) is 24.3 Å². The Kier molecular flexibility index (Phi) is 2.35. The van der Waals surface area contributed by atoms with Crippen LogP contribution in [-0.4, -0.2) is 20.8 Å². The smallest absolute Gasteiger partial charge is 0.221 e. The van der Waals surface area contributed by atoms with Gasteiger partial charge in [-0.25, -0.2) is 4.68 Å². The fraction of sp³-hybridized carbons (Fsp3) is 0.385. The molecule has 0 bridgehead atoms. The number of hydrogen-bond donors (Lipinski definition) is 1. The van der Waals surface area contributed by atoms with Crippen molar-refractivity contribution in [3.63, 3.8) is 0 Å². The lowest BCUT2D eigenvalue weighted by molar-refractivity contribution is 0.510. The monoisotopic (exact) mass is 228 g/mol. The summed E-state index contributed by atoms with van der Waals surface area (Å²) >= 11 is 0. The molecule has 2 aromatic rings. The number of nitrogens with zero attached hydrogens (tertiary/aromatic N) is 3. The van der Waals surface area contributed by atoms with Gasteiger partial charge >= 0.3 is 0 Å². The van der Waals surface area contributed by atoms with Crippen molar-refractivity contribution in [1.29, 1.82) is 0 Å². The minimum atomic E-state index is 0.484. The molecule has 1 atom stereocenters. The predicted molar refractivity (Wildman–Crippen MR) is 67.9 cm³/mol. The molecule has 4 heteroatoms. The lowest BCUT2D eigenvalue weighted by Crippen LogP contribution is -2.26. The van der Waals surface area contributed by atoms with Crippen LogP contribution in [0.25, 0.3) is 11.4 Å².